The van der Waals surface area contributed by atoms with Gasteiger partial charge in [0.25, 0.3) is 0 Å². The second-order valence-corrected chi connectivity index (χ2v) is 12.3. The van der Waals surface area contributed by atoms with Crippen LogP contribution in [0, 0.1) is 0 Å². The van der Waals surface area contributed by atoms with Crippen LogP contribution >= 0.6 is 0 Å². The van der Waals surface area contributed by atoms with E-state index in [4.69, 9.17) is 24.4 Å². The Hall–Kier alpha value is -6.72. The van der Waals surface area contributed by atoms with Gasteiger partial charge in [0, 0.05) is 28.5 Å². The molecule has 3 heterocycles. The highest BCUT2D eigenvalue weighted by molar-refractivity contribution is 6.17. The van der Waals surface area contributed by atoms with Crippen LogP contribution in [0.3, 0.4) is 0 Å². The first-order valence-electron chi connectivity index (χ1n) is 16.3. The zero-order chi connectivity index (χ0) is 32.3. The molecule has 228 valence electrons. The third-order valence-corrected chi connectivity index (χ3v) is 9.35. The number of benzene rings is 7. The Morgan fingerprint density at radius 1 is 0.388 bits per heavy atom. The lowest BCUT2D eigenvalue weighted by Crippen LogP contribution is -2.00. The van der Waals surface area contributed by atoms with Gasteiger partial charge in [-0.2, -0.15) is 0 Å². The van der Waals surface area contributed by atoms with Crippen molar-refractivity contribution in [1.82, 2.24) is 19.9 Å². The summed E-state index contributed by atoms with van der Waals surface area (Å²) in [7, 11) is 0. The van der Waals surface area contributed by atoms with Crippen LogP contribution in [0.15, 0.2) is 162 Å². The topological polar surface area (TPSA) is 64.7 Å². The van der Waals surface area contributed by atoms with Crippen molar-refractivity contribution in [2.45, 2.75) is 0 Å². The van der Waals surface area contributed by atoms with Gasteiger partial charge in [-0.05, 0) is 56.1 Å². The maximum absolute atomic E-state index is 6.29. The van der Waals surface area contributed by atoms with Gasteiger partial charge in [-0.25, -0.2) is 15.0 Å². The fourth-order valence-electron chi connectivity index (χ4n) is 6.96. The molecule has 0 bridgehead atoms. The highest BCUT2D eigenvalue weighted by Gasteiger charge is 2.17. The van der Waals surface area contributed by atoms with Crippen LogP contribution in [0.4, 0.5) is 0 Å². The first-order valence-corrected chi connectivity index (χ1v) is 16.3. The van der Waals surface area contributed by atoms with Crippen molar-refractivity contribution >= 4 is 54.4 Å². The molecule has 5 nitrogen and oxygen atoms in total. The Morgan fingerprint density at radius 2 is 1.00 bits per heavy atom. The molecule has 10 aromatic rings. The zero-order valence-electron chi connectivity index (χ0n) is 26.2. The Kier molecular flexibility index (Phi) is 6.11. The van der Waals surface area contributed by atoms with Crippen molar-refractivity contribution in [1.29, 1.82) is 0 Å². The van der Waals surface area contributed by atoms with Gasteiger partial charge in [-0.1, -0.05) is 133 Å². The van der Waals surface area contributed by atoms with Gasteiger partial charge in [-0.15, -0.1) is 0 Å². The Labute approximate surface area is 281 Å². The summed E-state index contributed by atoms with van der Waals surface area (Å²) in [6.07, 6.45) is 1.92. The summed E-state index contributed by atoms with van der Waals surface area (Å²) in [5.74, 6) is 1.89. The molecule has 10 rings (SSSR count). The number of pyridine rings is 1. The highest BCUT2D eigenvalue weighted by atomic mass is 16.3. The van der Waals surface area contributed by atoms with E-state index < -0.39 is 0 Å². The average Bonchev–Trinajstić information content (AvgIpc) is 3.56. The lowest BCUT2D eigenvalue weighted by atomic mass is 9.97. The van der Waals surface area contributed by atoms with Crippen LogP contribution in [0.25, 0.3) is 99.7 Å². The van der Waals surface area contributed by atoms with Gasteiger partial charge in [0.2, 0.25) is 0 Å². The molecule has 3 aromatic heterocycles. The van der Waals surface area contributed by atoms with E-state index in [0.717, 1.165) is 66.0 Å². The van der Waals surface area contributed by atoms with Crippen molar-refractivity contribution in [3.8, 4) is 45.3 Å². The van der Waals surface area contributed by atoms with E-state index >= 15 is 0 Å². The van der Waals surface area contributed by atoms with Crippen LogP contribution in [-0.4, -0.2) is 19.9 Å². The molecular weight excluding hydrogens is 601 g/mol. The summed E-state index contributed by atoms with van der Waals surface area (Å²) in [6.45, 7) is 0. The molecule has 0 fully saturated rings. The second-order valence-electron chi connectivity index (χ2n) is 12.3. The lowest BCUT2D eigenvalue weighted by molar-refractivity contribution is 0.668. The summed E-state index contributed by atoms with van der Waals surface area (Å²) in [5.41, 5.74) is 7.31. The number of hydrogen-bond acceptors (Lipinski definition) is 5. The van der Waals surface area contributed by atoms with Crippen LogP contribution in [0.2, 0.25) is 0 Å². The summed E-state index contributed by atoms with van der Waals surface area (Å²) in [4.78, 5) is 20.0. The molecule has 49 heavy (non-hydrogen) atoms. The minimum atomic E-state index is 0.616. The van der Waals surface area contributed by atoms with E-state index in [9.17, 15) is 0 Å². The predicted octanol–water partition coefficient (Wildman–Crippen LogP) is 11.3. The van der Waals surface area contributed by atoms with E-state index in [1.807, 2.05) is 42.6 Å². The fraction of sp³-hybridized carbons (Fsp3) is 0. The lowest BCUT2D eigenvalue weighted by Gasteiger charge is -2.12. The van der Waals surface area contributed by atoms with Gasteiger partial charge in [0.05, 0.1) is 5.39 Å². The minimum Gasteiger partial charge on any atom is -0.454 e. The third-order valence-electron chi connectivity index (χ3n) is 9.35. The molecule has 0 saturated heterocycles. The third kappa shape index (κ3) is 4.55. The molecule has 7 aromatic carbocycles. The molecule has 0 spiro atoms. The largest absolute Gasteiger partial charge is 0.454 e. The number of nitrogens with zero attached hydrogens (tertiary/aromatic N) is 4. The van der Waals surface area contributed by atoms with E-state index in [2.05, 4.69) is 115 Å². The smallest absolute Gasteiger partial charge is 0.164 e. The van der Waals surface area contributed by atoms with Crippen LogP contribution in [-0.2, 0) is 0 Å². The number of furan rings is 1. The Bertz CT molecular complexity index is 2880. The van der Waals surface area contributed by atoms with Gasteiger partial charge in [-0.3, -0.25) is 4.98 Å². The van der Waals surface area contributed by atoms with E-state index in [-0.39, 0.29) is 0 Å². The van der Waals surface area contributed by atoms with Crippen molar-refractivity contribution in [3.63, 3.8) is 0 Å². The van der Waals surface area contributed by atoms with Crippen molar-refractivity contribution in [2.24, 2.45) is 0 Å². The molecule has 0 saturated carbocycles. The van der Waals surface area contributed by atoms with E-state index in [0.29, 0.717) is 17.5 Å². The first-order chi connectivity index (χ1) is 24.3. The predicted molar refractivity (Wildman–Crippen MR) is 199 cm³/mol. The number of rotatable bonds is 4. The van der Waals surface area contributed by atoms with Crippen LogP contribution < -0.4 is 0 Å². The molecule has 0 N–H and O–H groups in total. The Morgan fingerprint density at radius 3 is 1.80 bits per heavy atom. The number of fused-ring (bicyclic) bond motifs is 8. The number of aromatic nitrogens is 4. The molecule has 0 aliphatic heterocycles. The van der Waals surface area contributed by atoms with E-state index in [1.165, 1.54) is 16.2 Å². The molecule has 5 heteroatoms. The standard InChI is InChI=1S/C44H26N4O/c1-2-11-29(12-3-1)42-46-43(48-44(47-42)37-24-31-13-5-6-14-33(31)35-16-8-9-17-36(35)37)30-20-18-27(19-21-30)32-25-39-41(45-26-32)40-34-15-7-4-10-28(34)22-23-38(40)49-39/h1-26H. The van der Waals surface area contributed by atoms with Crippen molar-refractivity contribution in [2.75, 3.05) is 0 Å². The zero-order valence-corrected chi connectivity index (χ0v) is 26.2. The molecule has 0 aliphatic rings. The SMILES string of the molecule is c1ccc(-c2nc(-c3ccc(-c4cnc5c(c4)oc4ccc6ccccc6c45)cc3)nc(-c3cc4ccccc4c4ccccc34)n2)cc1. The molecule has 0 radical (unpaired) electrons. The molecule has 0 unspecified atom stereocenters. The molecule has 0 amide bonds. The fourth-order valence-corrected chi connectivity index (χ4v) is 6.96. The van der Waals surface area contributed by atoms with Gasteiger partial charge >= 0.3 is 0 Å². The normalized spacial score (nSPS) is 11.7. The van der Waals surface area contributed by atoms with Crippen LogP contribution in [0.5, 0.6) is 0 Å². The summed E-state index contributed by atoms with van der Waals surface area (Å²) in [5, 5.41) is 8.00. The highest BCUT2D eigenvalue weighted by Crippen LogP contribution is 2.37. The second kappa shape index (κ2) is 10.9. The maximum Gasteiger partial charge on any atom is 0.164 e. The summed E-state index contributed by atoms with van der Waals surface area (Å²) < 4.78 is 6.29. The minimum absolute atomic E-state index is 0.616. The van der Waals surface area contributed by atoms with Gasteiger partial charge in [0.15, 0.2) is 23.1 Å². The monoisotopic (exact) mass is 626 g/mol. The molecular formula is C44H26N4O. The van der Waals surface area contributed by atoms with Gasteiger partial charge in [0.1, 0.15) is 11.1 Å². The van der Waals surface area contributed by atoms with Gasteiger partial charge < -0.3 is 4.42 Å². The van der Waals surface area contributed by atoms with E-state index in [1.54, 1.807) is 0 Å². The quantitative estimate of drug-likeness (QED) is 0.182. The van der Waals surface area contributed by atoms with Crippen molar-refractivity contribution < 1.29 is 4.42 Å². The Balaban J connectivity index is 1.09. The summed E-state index contributed by atoms with van der Waals surface area (Å²) >= 11 is 0. The first kappa shape index (κ1) is 27.4. The van der Waals surface area contributed by atoms with Crippen molar-refractivity contribution in [3.05, 3.63) is 158 Å². The summed E-state index contributed by atoms with van der Waals surface area (Å²) in [6, 6.07) is 52.1. The van der Waals surface area contributed by atoms with Crippen LogP contribution in [0.1, 0.15) is 0 Å². The average molecular weight is 627 g/mol. The molecule has 0 atom stereocenters. The number of hydrogen-bond donors (Lipinski definition) is 0. The molecule has 0 aliphatic carbocycles. The maximum atomic E-state index is 6.29.